The molecule has 268 valence electrons. The Morgan fingerprint density at radius 2 is 1.39 bits per heavy atom. The number of hydrogen-bond acceptors (Lipinski definition) is 5. The molecule has 2 aromatic rings. The summed E-state index contributed by atoms with van der Waals surface area (Å²) in [7, 11) is 0. The largest absolute Gasteiger partial charge is 0.416 e. The minimum atomic E-state index is -5.12. The van der Waals surface area contributed by atoms with Crippen LogP contribution in [0.3, 0.4) is 0 Å². The summed E-state index contributed by atoms with van der Waals surface area (Å²) in [6.45, 7) is 5.38. The number of halogens is 8. The quantitative estimate of drug-likeness (QED) is 0.374. The minimum Gasteiger partial charge on any atom is -0.381 e. The van der Waals surface area contributed by atoms with Crippen molar-refractivity contribution >= 4 is 11.8 Å². The molecule has 4 fully saturated rings. The molecule has 2 amide bonds. The van der Waals surface area contributed by atoms with Gasteiger partial charge in [0.2, 0.25) is 5.91 Å². The van der Waals surface area contributed by atoms with Gasteiger partial charge in [0.1, 0.15) is 0 Å². The molecule has 4 aliphatic rings. The first-order valence-electron chi connectivity index (χ1n) is 16.6. The van der Waals surface area contributed by atoms with Crippen LogP contribution in [0.15, 0.2) is 36.4 Å². The Balaban J connectivity index is 1.15. The average Bonchev–Trinajstić information content (AvgIpc) is 3.79. The number of carbonyl (C=O) groups is 2. The molecule has 15 heteroatoms. The van der Waals surface area contributed by atoms with Crippen LogP contribution >= 0.6 is 0 Å². The van der Waals surface area contributed by atoms with E-state index in [0.29, 0.717) is 69.9 Å². The lowest BCUT2D eigenvalue weighted by atomic mass is 9.90. The summed E-state index contributed by atoms with van der Waals surface area (Å²) in [6.07, 6.45) is -7.81. The van der Waals surface area contributed by atoms with Crippen molar-refractivity contribution in [2.45, 2.75) is 62.6 Å². The Bertz CT molecular complexity index is 1490. The van der Waals surface area contributed by atoms with Gasteiger partial charge < -0.3 is 14.5 Å². The number of amides is 2. The molecule has 4 unspecified atom stereocenters. The summed E-state index contributed by atoms with van der Waals surface area (Å²) in [6, 6.07) is 3.60. The lowest BCUT2D eigenvalue weighted by Gasteiger charge is -2.47. The van der Waals surface area contributed by atoms with Gasteiger partial charge in [-0.2, -0.15) is 26.3 Å². The van der Waals surface area contributed by atoms with Crippen molar-refractivity contribution in [3.8, 4) is 0 Å². The zero-order chi connectivity index (χ0) is 35.1. The van der Waals surface area contributed by atoms with Gasteiger partial charge in [0, 0.05) is 76.1 Å². The number of rotatable bonds is 6. The second kappa shape index (κ2) is 14.1. The van der Waals surface area contributed by atoms with Crippen molar-refractivity contribution in [1.29, 1.82) is 0 Å². The number of hydrogen-bond donors (Lipinski definition) is 0. The van der Waals surface area contributed by atoms with Gasteiger partial charge in [-0.3, -0.25) is 19.4 Å². The zero-order valence-electron chi connectivity index (χ0n) is 26.7. The SMILES string of the molecule is O=C(C1CCOC1)N1CCC(N2CCN(C3CCN(C(=O)c4cc(C(F)(F)F)cc(C(F)(F)F)c4)C(Cc4ccc(F)c(F)c4)C3)CC2)C1. The van der Waals surface area contributed by atoms with Crippen LogP contribution in [-0.4, -0.2) is 109 Å². The van der Waals surface area contributed by atoms with E-state index in [1.807, 2.05) is 4.90 Å². The second-order valence-electron chi connectivity index (χ2n) is 13.4. The first kappa shape index (κ1) is 35.5. The first-order chi connectivity index (χ1) is 23.2. The molecular weight excluding hydrogens is 664 g/mol. The Kier molecular flexibility index (Phi) is 10.3. The molecule has 49 heavy (non-hydrogen) atoms. The summed E-state index contributed by atoms with van der Waals surface area (Å²) in [4.78, 5) is 34.4. The van der Waals surface area contributed by atoms with Gasteiger partial charge in [0.15, 0.2) is 11.6 Å². The van der Waals surface area contributed by atoms with Crippen LogP contribution in [0.4, 0.5) is 35.1 Å². The number of likely N-dealkylation sites (tertiary alicyclic amines) is 2. The summed E-state index contributed by atoms with van der Waals surface area (Å²) in [5.74, 6) is -3.09. The molecule has 0 radical (unpaired) electrons. The average molecular weight is 703 g/mol. The summed E-state index contributed by atoms with van der Waals surface area (Å²) >= 11 is 0. The van der Waals surface area contributed by atoms with Crippen molar-refractivity contribution in [2.24, 2.45) is 5.92 Å². The molecule has 4 heterocycles. The second-order valence-corrected chi connectivity index (χ2v) is 13.4. The normalized spacial score (nSPS) is 26.0. The third kappa shape index (κ3) is 8.04. The van der Waals surface area contributed by atoms with Crippen LogP contribution in [-0.2, 0) is 28.3 Å². The Hall–Kier alpha value is -3.30. The zero-order valence-corrected chi connectivity index (χ0v) is 26.7. The van der Waals surface area contributed by atoms with E-state index in [0.717, 1.165) is 38.1 Å². The monoisotopic (exact) mass is 702 g/mol. The molecule has 0 saturated carbocycles. The van der Waals surface area contributed by atoms with Gasteiger partial charge in [-0.15, -0.1) is 0 Å². The summed E-state index contributed by atoms with van der Waals surface area (Å²) in [5, 5.41) is 0. The minimum absolute atomic E-state index is 0.0208. The van der Waals surface area contributed by atoms with Crippen molar-refractivity contribution in [3.05, 3.63) is 70.3 Å². The fourth-order valence-corrected chi connectivity index (χ4v) is 7.70. The number of piperidine rings is 1. The Labute approximate surface area is 278 Å². The Morgan fingerprint density at radius 3 is 1.98 bits per heavy atom. The fourth-order valence-electron chi connectivity index (χ4n) is 7.70. The van der Waals surface area contributed by atoms with Gasteiger partial charge >= 0.3 is 12.4 Å². The van der Waals surface area contributed by atoms with Gasteiger partial charge in [0.25, 0.3) is 5.91 Å². The first-order valence-corrected chi connectivity index (χ1v) is 16.6. The lowest BCUT2D eigenvalue weighted by molar-refractivity contribution is -0.143. The predicted molar refractivity (Wildman–Crippen MR) is 161 cm³/mol. The van der Waals surface area contributed by atoms with Crippen LogP contribution in [0.5, 0.6) is 0 Å². The maximum atomic E-state index is 14.1. The smallest absolute Gasteiger partial charge is 0.381 e. The van der Waals surface area contributed by atoms with Gasteiger partial charge in [-0.1, -0.05) is 6.07 Å². The number of benzene rings is 2. The molecule has 0 bridgehead atoms. The van der Waals surface area contributed by atoms with Crippen molar-refractivity contribution < 1.29 is 49.4 Å². The Morgan fingerprint density at radius 1 is 0.755 bits per heavy atom. The van der Waals surface area contributed by atoms with Crippen LogP contribution in [0.25, 0.3) is 0 Å². The molecule has 4 aliphatic heterocycles. The van der Waals surface area contributed by atoms with Crippen LogP contribution in [0.1, 0.15) is 52.7 Å². The van der Waals surface area contributed by atoms with Gasteiger partial charge in [0.05, 0.1) is 23.7 Å². The van der Waals surface area contributed by atoms with Crippen LogP contribution in [0, 0.1) is 17.6 Å². The van der Waals surface area contributed by atoms with E-state index in [-0.39, 0.29) is 42.9 Å². The number of carbonyl (C=O) groups excluding carboxylic acids is 2. The molecule has 0 aromatic heterocycles. The van der Waals surface area contributed by atoms with E-state index in [4.69, 9.17) is 4.74 Å². The van der Waals surface area contributed by atoms with E-state index < -0.39 is 52.6 Å². The predicted octanol–water partition coefficient (Wildman–Crippen LogP) is 5.47. The molecule has 4 atom stereocenters. The topological polar surface area (TPSA) is 56.3 Å². The summed E-state index contributed by atoms with van der Waals surface area (Å²) < 4.78 is 115. The third-order valence-electron chi connectivity index (χ3n) is 10.4. The fraction of sp³-hybridized carbons (Fsp3) is 0.588. The molecule has 0 aliphatic carbocycles. The van der Waals surface area contributed by atoms with E-state index in [2.05, 4.69) is 9.80 Å². The maximum Gasteiger partial charge on any atom is 0.416 e. The van der Waals surface area contributed by atoms with Crippen LogP contribution < -0.4 is 0 Å². The van der Waals surface area contributed by atoms with Crippen molar-refractivity contribution in [2.75, 3.05) is 59.0 Å². The molecule has 7 nitrogen and oxygen atoms in total. The highest BCUT2D eigenvalue weighted by Crippen LogP contribution is 2.37. The van der Waals surface area contributed by atoms with E-state index in [1.165, 1.54) is 11.0 Å². The highest BCUT2D eigenvalue weighted by Gasteiger charge is 2.41. The number of alkyl halides is 6. The highest BCUT2D eigenvalue weighted by molar-refractivity contribution is 5.95. The van der Waals surface area contributed by atoms with Crippen molar-refractivity contribution in [1.82, 2.24) is 19.6 Å². The van der Waals surface area contributed by atoms with E-state index in [9.17, 15) is 44.7 Å². The number of nitrogens with zero attached hydrogens (tertiary/aromatic N) is 4. The molecule has 0 N–H and O–H groups in total. The molecular formula is C34H38F8N4O3. The van der Waals surface area contributed by atoms with E-state index >= 15 is 0 Å². The molecule has 4 saturated heterocycles. The molecule has 2 aromatic carbocycles. The molecule has 6 rings (SSSR count). The third-order valence-corrected chi connectivity index (χ3v) is 10.4. The number of piperazine rings is 1. The van der Waals surface area contributed by atoms with Gasteiger partial charge in [-0.25, -0.2) is 8.78 Å². The van der Waals surface area contributed by atoms with Crippen LogP contribution in [0.2, 0.25) is 0 Å². The van der Waals surface area contributed by atoms with Gasteiger partial charge in [-0.05, 0) is 68.0 Å². The summed E-state index contributed by atoms with van der Waals surface area (Å²) in [5.41, 5.74) is -3.57. The highest BCUT2D eigenvalue weighted by atomic mass is 19.4. The maximum absolute atomic E-state index is 14.1. The standard InChI is InChI=1S/C34H38F8N4O3/c35-29-2-1-21(14-30(29)36)13-28-18-26(4-7-46(28)32(48)23-15-24(33(37,38)39)17-25(16-23)34(40,41)42)43-8-10-44(11-9-43)27-3-6-45(19-27)31(47)22-5-12-49-20-22/h1-2,14-17,22,26-28H,3-13,18-20H2. The van der Waals surface area contributed by atoms with E-state index in [1.54, 1.807) is 0 Å². The molecule has 0 spiro atoms. The van der Waals surface area contributed by atoms with Crippen molar-refractivity contribution in [3.63, 3.8) is 0 Å². The lowest BCUT2D eigenvalue weighted by Crippen LogP contribution is -2.58. The number of ether oxygens (including phenoxy) is 1.